The van der Waals surface area contributed by atoms with Crippen molar-refractivity contribution in [3.63, 3.8) is 0 Å². The summed E-state index contributed by atoms with van der Waals surface area (Å²) in [6.07, 6.45) is 3.61. The van der Waals surface area contributed by atoms with E-state index in [0.717, 1.165) is 52.9 Å². The molecule has 0 bridgehead atoms. The second-order valence-electron chi connectivity index (χ2n) is 18.4. The quantitative estimate of drug-likeness (QED) is 0.0245. The van der Waals surface area contributed by atoms with Gasteiger partial charge >= 0.3 is 11.9 Å². The maximum absolute atomic E-state index is 12.8. The molecule has 2 aliphatic heterocycles. The molecule has 16 nitrogen and oxygen atoms in total. The highest BCUT2D eigenvalue weighted by Gasteiger charge is 2.43. The van der Waals surface area contributed by atoms with Crippen molar-refractivity contribution < 1.29 is 77.2 Å². The third kappa shape index (κ3) is 11.8. The average Bonchev–Trinajstić information content (AvgIpc) is 3.38. The Hall–Kier alpha value is -5.90. The lowest BCUT2D eigenvalue weighted by atomic mass is 9.82. The zero-order valence-corrected chi connectivity index (χ0v) is 41.6. The van der Waals surface area contributed by atoms with Gasteiger partial charge in [0.1, 0.15) is 17.8 Å². The van der Waals surface area contributed by atoms with E-state index in [1.165, 1.54) is 0 Å². The molecule has 0 fully saturated rings. The Morgan fingerprint density at radius 3 is 1.66 bits per heavy atom. The molecule has 0 spiro atoms. The van der Waals surface area contributed by atoms with Crippen molar-refractivity contribution in [2.75, 3.05) is 89.0 Å². The van der Waals surface area contributed by atoms with Gasteiger partial charge in [-0.1, -0.05) is 24.3 Å². The van der Waals surface area contributed by atoms with Gasteiger partial charge in [0.05, 0.1) is 128 Å². The van der Waals surface area contributed by atoms with Gasteiger partial charge in [-0.05, 0) is 63.2 Å². The van der Waals surface area contributed by atoms with Crippen LogP contribution in [0, 0.1) is 11.8 Å². The van der Waals surface area contributed by atoms with E-state index >= 15 is 0 Å². The SMILES string of the molecule is COc1cc2c(cc1OC)C(Cc1cc(CO)c(OC)c(OC)c1)[N+](C)(CCCOC(=O)C#CC(=O)OCCC[N+]1(C)CCc3cc(CO)c(CO)c(OC)c3C1Cc1ccc(CO)c(CO)c1)CC2. The Morgan fingerprint density at radius 1 is 0.557 bits per heavy atom. The highest BCUT2D eigenvalue weighted by Crippen LogP contribution is 2.46. The number of carbonyl (C=O) groups excluding carboxylic acids is 2. The minimum atomic E-state index is -0.842. The fraction of sp³-hybridized carbons (Fsp3) is 0.481. The van der Waals surface area contributed by atoms with Gasteiger partial charge < -0.3 is 67.7 Å². The fourth-order valence-electron chi connectivity index (χ4n) is 10.6. The molecule has 70 heavy (non-hydrogen) atoms. The van der Waals surface area contributed by atoms with E-state index in [0.29, 0.717) is 111 Å². The number of quaternary nitrogens is 2. The lowest BCUT2D eigenvalue weighted by molar-refractivity contribution is -0.941. The summed E-state index contributed by atoms with van der Waals surface area (Å²) in [4.78, 5) is 25.6. The molecule has 4 atom stereocenters. The smallest absolute Gasteiger partial charge is 0.384 e. The number of benzene rings is 4. The number of nitrogens with zero attached hydrogens (tertiary/aromatic N) is 2. The number of hydrogen-bond donors (Lipinski definition) is 5. The van der Waals surface area contributed by atoms with Crippen LogP contribution in [0.25, 0.3) is 0 Å². The molecule has 2 heterocycles. The number of rotatable bonds is 22. The van der Waals surface area contributed by atoms with Gasteiger partial charge in [-0.3, -0.25) is 0 Å². The molecule has 4 aromatic carbocycles. The molecule has 0 aliphatic carbocycles. The molecule has 0 radical (unpaired) electrons. The molecular weight excluding hydrogens is 901 g/mol. The van der Waals surface area contributed by atoms with Gasteiger partial charge in [-0.2, -0.15) is 0 Å². The van der Waals surface area contributed by atoms with Crippen LogP contribution in [0.4, 0.5) is 0 Å². The van der Waals surface area contributed by atoms with E-state index in [1.807, 2.05) is 48.5 Å². The number of carbonyl (C=O) groups is 2. The van der Waals surface area contributed by atoms with Gasteiger partial charge in [0.25, 0.3) is 0 Å². The Morgan fingerprint density at radius 2 is 1.10 bits per heavy atom. The Kier molecular flexibility index (Phi) is 18.5. The summed E-state index contributed by atoms with van der Waals surface area (Å²) in [7, 11) is 12.2. The summed E-state index contributed by atoms with van der Waals surface area (Å²) in [6.45, 7) is 1.73. The first-order valence-electron chi connectivity index (χ1n) is 23.7. The molecule has 6 rings (SSSR count). The number of aliphatic hydroxyl groups is 5. The molecular formula is C54H70N2O14+2. The van der Waals surface area contributed by atoms with Crippen LogP contribution in [0.15, 0.2) is 48.5 Å². The van der Waals surface area contributed by atoms with Crippen LogP contribution in [0.2, 0.25) is 0 Å². The van der Waals surface area contributed by atoms with E-state index in [9.17, 15) is 35.1 Å². The number of aliphatic hydroxyl groups excluding tert-OH is 5. The first kappa shape index (κ1) is 53.5. The van der Waals surface area contributed by atoms with Crippen LogP contribution in [0.1, 0.15) is 86.1 Å². The maximum atomic E-state index is 12.8. The Balaban J connectivity index is 1.08. The summed E-state index contributed by atoms with van der Waals surface area (Å²) in [6, 6.07) is 15.3. The summed E-state index contributed by atoms with van der Waals surface area (Å²) in [5.41, 5.74) is 9.17. The molecule has 0 amide bonds. The van der Waals surface area contributed by atoms with Crippen molar-refractivity contribution in [1.29, 1.82) is 0 Å². The van der Waals surface area contributed by atoms with E-state index in [2.05, 4.69) is 25.9 Å². The number of fused-ring (bicyclic) bond motifs is 2. The maximum Gasteiger partial charge on any atom is 0.384 e. The minimum Gasteiger partial charge on any atom is -0.496 e. The summed E-state index contributed by atoms with van der Waals surface area (Å²) in [5.74, 6) is 5.73. The van der Waals surface area contributed by atoms with Crippen molar-refractivity contribution in [1.82, 2.24) is 0 Å². The number of likely N-dealkylation sites (N-methyl/N-ethyl adjacent to an activating group) is 2. The Bertz CT molecular complexity index is 2530. The highest BCUT2D eigenvalue weighted by atomic mass is 16.5. The first-order valence-corrected chi connectivity index (χ1v) is 23.7. The largest absolute Gasteiger partial charge is 0.496 e. The molecule has 378 valence electrons. The third-order valence-electron chi connectivity index (χ3n) is 14.4. The molecule has 4 unspecified atom stereocenters. The molecule has 0 saturated heterocycles. The number of ether oxygens (including phenoxy) is 7. The van der Waals surface area contributed by atoms with Crippen LogP contribution in [-0.2, 0) is 77.8 Å². The zero-order valence-electron chi connectivity index (χ0n) is 41.6. The number of esters is 2. The van der Waals surface area contributed by atoms with Crippen molar-refractivity contribution in [2.45, 2.75) is 83.6 Å². The minimum absolute atomic E-state index is 0.0495. The Labute approximate surface area is 411 Å². The second-order valence-corrected chi connectivity index (χ2v) is 18.4. The number of methoxy groups -OCH3 is 5. The zero-order chi connectivity index (χ0) is 50.6. The second kappa shape index (κ2) is 24.3. The van der Waals surface area contributed by atoms with Gasteiger partial charge in [-0.15, -0.1) is 0 Å². The molecule has 4 aromatic rings. The van der Waals surface area contributed by atoms with Crippen LogP contribution in [-0.4, -0.2) is 135 Å². The molecule has 2 aliphatic rings. The topological polar surface area (TPSA) is 200 Å². The van der Waals surface area contributed by atoms with Gasteiger partial charge in [0.15, 0.2) is 23.0 Å². The van der Waals surface area contributed by atoms with Gasteiger partial charge in [-0.25, -0.2) is 9.59 Å². The molecule has 0 saturated carbocycles. The van der Waals surface area contributed by atoms with Crippen molar-refractivity contribution in [3.8, 4) is 40.6 Å². The van der Waals surface area contributed by atoms with Crippen LogP contribution in [0.3, 0.4) is 0 Å². The highest BCUT2D eigenvalue weighted by molar-refractivity contribution is 5.98. The predicted octanol–water partition coefficient (Wildman–Crippen LogP) is 4.33. The molecule has 0 aromatic heterocycles. The standard InChI is InChI=1S/C54H70N2O14/c1-55(18-14-37-28-47(64-3)48(65-4)29-43(37)45(55)25-36-23-42(33-60)53(67-6)49(26-36)66-5)16-8-20-69-50(62)12-13-51(63)70-21-9-17-56(2)19-15-38-27-41(32-59)44(34-61)54(68-7)52(38)46(56)24-35-10-11-39(30-57)40(22-35)31-58/h10-11,22-23,26-29,45-46,57-61H,8-9,14-21,24-25,30-34H2,1-7H3/q+2. The fourth-order valence-corrected chi connectivity index (χ4v) is 10.6. The van der Waals surface area contributed by atoms with Crippen molar-refractivity contribution >= 4 is 11.9 Å². The van der Waals surface area contributed by atoms with Crippen LogP contribution < -0.4 is 23.7 Å². The number of hydrogen-bond acceptors (Lipinski definition) is 14. The van der Waals surface area contributed by atoms with E-state index in [4.69, 9.17) is 33.2 Å². The lowest BCUT2D eigenvalue weighted by Crippen LogP contribution is -2.53. The monoisotopic (exact) mass is 970 g/mol. The lowest BCUT2D eigenvalue weighted by Gasteiger charge is -2.46. The molecule has 5 N–H and O–H groups in total. The van der Waals surface area contributed by atoms with Crippen LogP contribution in [0.5, 0.6) is 28.7 Å². The normalized spacial score (nSPS) is 19.2. The third-order valence-corrected chi connectivity index (χ3v) is 14.4. The summed E-state index contributed by atoms with van der Waals surface area (Å²) in [5, 5.41) is 50.7. The van der Waals surface area contributed by atoms with E-state index in [1.54, 1.807) is 35.5 Å². The van der Waals surface area contributed by atoms with Crippen LogP contribution >= 0.6 is 0 Å². The molecule has 16 heteroatoms. The summed E-state index contributed by atoms with van der Waals surface area (Å²) >= 11 is 0. The van der Waals surface area contributed by atoms with E-state index in [-0.39, 0.29) is 58.3 Å². The van der Waals surface area contributed by atoms with Crippen molar-refractivity contribution in [3.05, 3.63) is 110 Å². The first-order chi connectivity index (χ1) is 33.8. The van der Waals surface area contributed by atoms with Gasteiger partial charge in [0.2, 0.25) is 0 Å². The van der Waals surface area contributed by atoms with E-state index < -0.39 is 11.9 Å². The predicted molar refractivity (Wildman–Crippen MR) is 259 cm³/mol. The summed E-state index contributed by atoms with van der Waals surface area (Å²) < 4.78 is 40.7. The van der Waals surface area contributed by atoms with Crippen molar-refractivity contribution in [2.24, 2.45) is 0 Å². The van der Waals surface area contributed by atoms with Gasteiger partial charge in [0, 0.05) is 67.1 Å². The average molecular weight is 971 g/mol.